The molecule has 27 heavy (non-hydrogen) atoms. The van der Waals surface area contributed by atoms with Gasteiger partial charge in [0.1, 0.15) is 11.5 Å². The molecule has 0 bridgehead atoms. The van der Waals surface area contributed by atoms with Crippen molar-refractivity contribution >= 4 is 5.97 Å². The van der Waals surface area contributed by atoms with Crippen molar-refractivity contribution < 1.29 is 40.6 Å². The second kappa shape index (κ2) is 8.32. The van der Waals surface area contributed by atoms with Crippen LogP contribution in [-0.2, 0) is 17.1 Å². The predicted octanol–water partition coefficient (Wildman–Crippen LogP) is 5.49. The molecule has 0 radical (unpaired) electrons. The lowest BCUT2D eigenvalue weighted by Crippen LogP contribution is -2.11. The van der Waals surface area contributed by atoms with Gasteiger partial charge in [0.2, 0.25) is 0 Å². The normalized spacial score (nSPS) is 11.9. The van der Waals surface area contributed by atoms with Crippen molar-refractivity contribution in [3.63, 3.8) is 0 Å². The molecule has 2 aromatic carbocycles. The number of hydrogen-bond donors (Lipinski definition) is 0. The van der Waals surface area contributed by atoms with Crippen LogP contribution in [0.25, 0.3) is 0 Å². The van der Waals surface area contributed by atoms with Crippen molar-refractivity contribution in [2.75, 3.05) is 6.61 Å². The molecule has 0 N–H and O–H groups in total. The molecule has 0 saturated heterocycles. The summed E-state index contributed by atoms with van der Waals surface area (Å²) in [6.07, 6.45) is -9.10. The number of alkyl halides is 6. The maximum Gasteiger partial charge on any atom is 0.416 e. The van der Waals surface area contributed by atoms with Crippen LogP contribution in [-0.4, -0.2) is 12.6 Å². The zero-order valence-electron chi connectivity index (χ0n) is 13.7. The van der Waals surface area contributed by atoms with Crippen LogP contribution in [0.4, 0.5) is 26.3 Å². The topological polar surface area (TPSA) is 35.5 Å². The third-order valence-corrected chi connectivity index (χ3v) is 3.35. The highest BCUT2D eigenvalue weighted by atomic mass is 19.4. The van der Waals surface area contributed by atoms with Crippen molar-refractivity contribution in [3.05, 3.63) is 59.7 Å². The molecule has 0 saturated carbocycles. The molecule has 2 aromatic rings. The lowest BCUT2D eigenvalue weighted by Gasteiger charge is -2.10. The maximum absolute atomic E-state index is 12.6. The van der Waals surface area contributed by atoms with Crippen LogP contribution in [0, 0.1) is 0 Å². The molecule has 0 spiro atoms. The Morgan fingerprint density at radius 3 is 1.89 bits per heavy atom. The van der Waals surface area contributed by atoms with Gasteiger partial charge in [0.05, 0.1) is 17.7 Å². The van der Waals surface area contributed by atoms with Gasteiger partial charge < -0.3 is 9.47 Å². The SMILES string of the molecule is O=C(CCCOc1cccc(C(F)(F)F)c1)Oc1cccc(C(F)(F)F)c1. The van der Waals surface area contributed by atoms with Gasteiger partial charge in [0.15, 0.2) is 0 Å². The standard InChI is InChI=1S/C18H14F6O3/c19-17(20,21)12-4-1-6-14(10-12)26-9-3-8-16(25)27-15-7-2-5-13(11-15)18(22,23)24/h1-2,4-7,10-11H,3,8-9H2. The molecular formula is C18H14F6O3. The number of esters is 1. The fourth-order valence-electron chi connectivity index (χ4n) is 2.09. The Labute approximate surface area is 150 Å². The van der Waals surface area contributed by atoms with Gasteiger partial charge in [0.25, 0.3) is 0 Å². The number of carbonyl (C=O) groups excluding carboxylic acids is 1. The van der Waals surface area contributed by atoms with Gasteiger partial charge in [-0.2, -0.15) is 26.3 Å². The molecule has 3 nitrogen and oxygen atoms in total. The van der Waals surface area contributed by atoms with Crippen molar-refractivity contribution in [2.24, 2.45) is 0 Å². The zero-order valence-corrected chi connectivity index (χ0v) is 13.7. The average molecular weight is 392 g/mol. The Bertz CT molecular complexity index is 783. The van der Waals surface area contributed by atoms with E-state index in [9.17, 15) is 31.1 Å². The fourth-order valence-corrected chi connectivity index (χ4v) is 2.09. The van der Waals surface area contributed by atoms with Crippen LogP contribution in [0.2, 0.25) is 0 Å². The second-order valence-electron chi connectivity index (χ2n) is 5.48. The fraction of sp³-hybridized carbons (Fsp3) is 0.278. The van der Waals surface area contributed by atoms with Crippen LogP contribution >= 0.6 is 0 Å². The summed E-state index contributed by atoms with van der Waals surface area (Å²) in [5.41, 5.74) is -1.80. The second-order valence-corrected chi connectivity index (χ2v) is 5.48. The number of ether oxygens (including phenoxy) is 2. The van der Waals surface area contributed by atoms with E-state index >= 15 is 0 Å². The first-order valence-corrected chi connectivity index (χ1v) is 7.74. The van der Waals surface area contributed by atoms with E-state index in [1.54, 1.807) is 0 Å². The summed E-state index contributed by atoms with van der Waals surface area (Å²) in [5.74, 6) is -1.02. The first-order chi connectivity index (χ1) is 12.6. The largest absolute Gasteiger partial charge is 0.494 e. The number of benzene rings is 2. The van der Waals surface area contributed by atoms with Gasteiger partial charge in [-0.25, -0.2) is 0 Å². The summed E-state index contributed by atoms with van der Waals surface area (Å²) in [5, 5.41) is 0. The summed E-state index contributed by atoms with van der Waals surface area (Å²) >= 11 is 0. The molecule has 9 heteroatoms. The first-order valence-electron chi connectivity index (χ1n) is 7.74. The molecule has 0 aliphatic heterocycles. The Balaban J connectivity index is 1.80. The summed E-state index contributed by atoms with van der Waals surface area (Å²) in [7, 11) is 0. The monoisotopic (exact) mass is 392 g/mol. The minimum Gasteiger partial charge on any atom is -0.494 e. The smallest absolute Gasteiger partial charge is 0.416 e. The van der Waals surface area contributed by atoms with E-state index in [0.29, 0.717) is 6.07 Å². The quantitative estimate of drug-likeness (QED) is 0.282. The Morgan fingerprint density at radius 1 is 0.815 bits per heavy atom. The molecule has 2 rings (SSSR count). The van der Waals surface area contributed by atoms with E-state index in [4.69, 9.17) is 9.47 Å². The molecule has 0 aliphatic carbocycles. The van der Waals surface area contributed by atoms with Crippen LogP contribution in [0.15, 0.2) is 48.5 Å². The maximum atomic E-state index is 12.6. The van der Waals surface area contributed by atoms with Gasteiger partial charge in [-0.05, 0) is 42.8 Å². The number of rotatable bonds is 6. The number of halogens is 6. The van der Waals surface area contributed by atoms with Crippen molar-refractivity contribution in [2.45, 2.75) is 25.2 Å². The third kappa shape index (κ3) is 6.50. The van der Waals surface area contributed by atoms with E-state index in [1.807, 2.05) is 0 Å². The number of carbonyl (C=O) groups is 1. The lowest BCUT2D eigenvalue weighted by atomic mass is 10.2. The molecule has 0 unspecified atom stereocenters. The lowest BCUT2D eigenvalue weighted by molar-refractivity contribution is -0.139. The Morgan fingerprint density at radius 2 is 1.33 bits per heavy atom. The Hall–Kier alpha value is -2.71. The van der Waals surface area contributed by atoms with Gasteiger partial charge in [-0.3, -0.25) is 4.79 Å². The van der Waals surface area contributed by atoms with Gasteiger partial charge in [-0.1, -0.05) is 12.1 Å². The minimum absolute atomic E-state index is 0.00364. The molecule has 0 heterocycles. The van der Waals surface area contributed by atoms with Crippen molar-refractivity contribution in [1.29, 1.82) is 0 Å². The highest BCUT2D eigenvalue weighted by Gasteiger charge is 2.31. The summed E-state index contributed by atoms with van der Waals surface area (Å²) in [6, 6.07) is 8.15. The van der Waals surface area contributed by atoms with E-state index in [1.165, 1.54) is 18.2 Å². The molecule has 0 atom stereocenters. The number of hydrogen-bond acceptors (Lipinski definition) is 3. The molecule has 0 fully saturated rings. The van der Waals surface area contributed by atoms with Gasteiger partial charge in [-0.15, -0.1) is 0 Å². The summed E-state index contributed by atoms with van der Waals surface area (Å²) in [4.78, 5) is 11.7. The molecule has 146 valence electrons. The summed E-state index contributed by atoms with van der Waals surface area (Å²) < 4.78 is 85.5. The third-order valence-electron chi connectivity index (χ3n) is 3.35. The van der Waals surface area contributed by atoms with Crippen molar-refractivity contribution in [1.82, 2.24) is 0 Å². The van der Waals surface area contributed by atoms with Gasteiger partial charge in [0, 0.05) is 6.42 Å². The van der Waals surface area contributed by atoms with Crippen LogP contribution in [0.5, 0.6) is 11.5 Å². The van der Waals surface area contributed by atoms with E-state index in [0.717, 1.165) is 24.3 Å². The Kier molecular flexibility index (Phi) is 6.35. The van der Waals surface area contributed by atoms with E-state index in [2.05, 4.69) is 0 Å². The van der Waals surface area contributed by atoms with Crippen molar-refractivity contribution in [3.8, 4) is 11.5 Å². The minimum atomic E-state index is -4.55. The molecule has 0 aromatic heterocycles. The predicted molar refractivity (Wildman–Crippen MR) is 83.3 cm³/mol. The highest BCUT2D eigenvalue weighted by molar-refractivity contribution is 5.72. The van der Waals surface area contributed by atoms with Crippen LogP contribution in [0.1, 0.15) is 24.0 Å². The van der Waals surface area contributed by atoms with E-state index in [-0.39, 0.29) is 30.9 Å². The zero-order chi connectivity index (χ0) is 20.1. The first kappa shape index (κ1) is 20.6. The average Bonchev–Trinajstić information content (AvgIpc) is 2.58. The highest BCUT2D eigenvalue weighted by Crippen LogP contribution is 2.32. The van der Waals surface area contributed by atoms with Crippen LogP contribution < -0.4 is 9.47 Å². The van der Waals surface area contributed by atoms with Gasteiger partial charge >= 0.3 is 18.3 Å². The summed E-state index contributed by atoms with van der Waals surface area (Å²) in [6.45, 7) is -0.0565. The molecular weight excluding hydrogens is 378 g/mol. The van der Waals surface area contributed by atoms with Crippen LogP contribution in [0.3, 0.4) is 0 Å². The molecule has 0 amide bonds. The molecule has 0 aliphatic rings. The van der Waals surface area contributed by atoms with E-state index < -0.39 is 29.4 Å².